The van der Waals surface area contributed by atoms with Gasteiger partial charge in [0, 0.05) is 10.6 Å². The molecule has 2 N–H and O–H groups in total. The molecular formula is C12H9N3S2. The summed E-state index contributed by atoms with van der Waals surface area (Å²) in [5.74, 6) is 0. The van der Waals surface area contributed by atoms with Gasteiger partial charge in [-0.3, -0.25) is 0 Å². The molecule has 0 radical (unpaired) electrons. The molecule has 3 rings (SSSR count). The highest BCUT2D eigenvalue weighted by molar-refractivity contribution is 7.99. The minimum atomic E-state index is 0.779. The summed E-state index contributed by atoms with van der Waals surface area (Å²) in [5.41, 5.74) is 7.69. The van der Waals surface area contributed by atoms with Crippen LogP contribution in [0.4, 0.5) is 5.69 Å². The van der Waals surface area contributed by atoms with E-state index in [0.717, 1.165) is 25.8 Å². The number of nitrogens with zero attached hydrogens (tertiary/aromatic N) is 2. The van der Waals surface area contributed by atoms with Gasteiger partial charge in [0.25, 0.3) is 0 Å². The van der Waals surface area contributed by atoms with Crippen molar-refractivity contribution in [2.24, 2.45) is 0 Å². The molecule has 0 saturated heterocycles. The molecule has 17 heavy (non-hydrogen) atoms. The summed E-state index contributed by atoms with van der Waals surface area (Å²) >= 11 is 3.24. The van der Waals surface area contributed by atoms with Crippen LogP contribution in [-0.2, 0) is 0 Å². The van der Waals surface area contributed by atoms with Crippen LogP contribution in [0.5, 0.6) is 0 Å². The average molecular weight is 259 g/mol. The molecular weight excluding hydrogens is 250 g/mol. The molecule has 0 bridgehead atoms. The number of aromatic nitrogens is 2. The number of anilines is 1. The zero-order valence-corrected chi connectivity index (χ0v) is 10.5. The van der Waals surface area contributed by atoms with Gasteiger partial charge >= 0.3 is 0 Å². The number of hydrogen-bond acceptors (Lipinski definition) is 5. The molecule has 0 saturated carbocycles. The quantitative estimate of drug-likeness (QED) is 0.566. The summed E-state index contributed by atoms with van der Waals surface area (Å²) in [4.78, 5) is 9.57. The number of nitrogens with two attached hydrogens (primary N) is 1. The Kier molecular flexibility index (Phi) is 2.70. The molecule has 0 amide bonds. The first kappa shape index (κ1) is 10.6. The summed E-state index contributed by atoms with van der Waals surface area (Å²) in [6.07, 6.45) is 1.59. The summed E-state index contributed by atoms with van der Waals surface area (Å²) in [6, 6.07) is 9.81. The van der Waals surface area contributed by atoms with Crippen LogP contribution in [0, 0.1) is 0 Å². The molecule has 5 heteroatoms. The SMILES string of the molecule is Nc1ccccc1Sc1ncnc2ccsc12. The Hall–Kier alpha value is -1.59. The van der Waals surface area contributed by atoms with Gasteiger partial charge < -0.3 is 5.73 Å². The van der Waals surface area contributed by atoms with E-state index < -0.39 is 0 Å². The molecule has 3 nitrogen and oxygen atoms in total. The fraction of sp³-hybridized carbons (Fsp3) is 0. The van der Waals surface area contributed by atoms with E-state index in [1.165, 1.54) is 0 Å². The largest absolute Gasteiger partial charge is 0.398 e. The lowest BCUT2D eigenvalue weighted by Gasteiger charge is -2.04. The zero-order valence-electron chi connectivity index (χ0n) is 8.83. The fourth-order valence-corrected chi connectivity index (χ4v) is 3.35. The molecule has 3 aromatic rings. The second-order valence-corrected chi connectivity index (χ2v) is 5.40. The second-order valence-electron chi connectivity index (χ2n) is 3.45. The number of benzene rings is 1. The van der Waals surface area contributed by atoms with E-state index in [1.807, 2.05) is 35.7 Å². The highest BCUT2D eigenvalue weighted by atomic mass is 32.2. The number of thiophene rings is 1. The fourth-order valence-electron chi connectivity index (χ4n) is 1.52. The number of para-hydroxylation sites is 1. The third-order valence-electron chi connectivity index (χ3n) is 2.34. The van der Waals surface area contributed by atoms with Crippen molar-refractivity contribution in [3.63, 3.8) is 0 Å². The minimum absolute atomic E-state index is 0.779. The molecule has 0 unspecified atom stereocenters. The number of nitrogen functional groups attached to an aromatic ring is 1. The zero-order chi connectivity index (χ0) is 11.7. The Morgan fingerprint density at radius 2 is 2.00 bits per heavy atom. The molecule has 84 valence electrons. The Bertz CT molecular complexity index is 663. The lowest BCUT2D eigenvalue weighted by molar-refractivity contribution is 1.11. The van der Waals surface area contributed by atoms with Crippen molar-refractivity contribution in [2.45, 2.75) is 9.92 Å². The first-order valence-corrected chi connectivity index (χ1v) is 6.75. The first-order chi connectivity index (χ1) is 8.34. The van der Waals surface area contributed by atoms with Crippen molar-refractivity contribution in [3.8, 4) is 0 Å². The standard InChI is InChI=1S/C12H9N3S2/c13-8-3-1-2-4-10(8)17-12-11-9(5-6-16-11)14-7-15-12/h1-7H,13H2. The van der Waals surface area contributed by atoms with Gasteiger partial charge in [-0.2, -0.15) is 0 Å². The van der Waals surface area contributed by atoms with Crippen LogP contribution in [0.3, 0.4) is 0 Å². The Labute approximate surface area is 107 Å². The number of hydrogen-bond donors (Lipinski definition) is 1. The maximum Gasteiger partial charge on any atom is 0.122 e. The molecule has 2 heterocycles. The Morgan fingerprint density at radius 1 is 1.12 bits per heavy atom. The van der Waals surface area contributed by atoms with Gasteiger partial charge in [0.05, 0.1) is 10.2 Å². The molecule has 2 aromatic heterocycles. The van der Waals surface area contributed by atoms with Gasteiger partial charge in [-0.25, -0.2) is 9.97 Å². The lowest BCUT2D eigenvalue weighted by Crippen LogP contribution is -1.88. The average Bonchev–Trinajstić information content (AvgIpc) is 2.81. The van der Waals surface area contributed by atoms with Crippen molar-refractivity contribution >= 4 is 39.0 Å². The van der Waals surface area contributed by atoms with Gasteiger partial charge in [-0.1, -0.05) is 23.9 Å². The van der Waals surface area contributed by atoms with Gasteiger partial charge in [0.1, 0.15) is 11.4 Å². The maximum absolute atomic E-state index is 5.93. The van der Waals surface area contributed by atoms with Crippen molar-refractivity contribution in [2.75, 3.05) is 5.73 Å². The van der Waals surface area contributed by atoms with Crippen LogP contribution in [-0.4, -0.2) is 9.97 Å². The summed E-state index contributed by atoms with van der Waals surface area (Å²) in [7, 11) is 0. The number of fused-ring (bicyclic) bond motifs is 1. The minimum Gasteiger partial charge on any atom is -0.398 e. The van der Waals surface area contributed by atoms with Crippen LogP contribution in [0.1, 0.15) is 0 Å². The Balaban J connectivity index is 2.06. The third kappa shape index (κ3) is 1.99. The van der Waals surface area contributed by atoms with Gasteiger partial charge in [-0.05, 0) is 23.6 Å². The summed E-state index contributed by atoms with van der Waals surface area (Å²) < 4.78 is 1.11. The highest BCUT2D eigenvalue weighted by Gasteiger charge is 2.08. The van der Waals surface area contributed by atoms with Crippen LogP contribution in [0.2, 0.25) is 0 Å². The van der Waals surface area contributed by atoms with Gasteiger partial charge in [0.2, 0.25) is 0 Å². The van der Waals surface area contributed by atoms with E-state index in [-0.39, 0.29) is 0 Å². The van der Waals surface area contributed by atoms with E-state index in [9.17, 15) is 0 Å². The van der Waals surface area contributed by atoms with E-state index in [1.54, 1.807) is 29.4 Å². The van der Waals surface area contributed by atoms with Crippen LogP contribution in [0.15, 0.2) is 52.0 Å². The highest BCUT2D eigenvalue weighted by Crippen LogP contribution is 2.35. The topological polar surface area (TPSA) is 51.8 Å². The van der Waals surface area contributed by atoms with Crippen molar-refractivity contribution in [1.82, 2.24) is 9.97 Å². The van der Waals surface area contributed by atoms with Gasteiger partial charge in [0.15, 0.2) is 0 Å². The van der Waals surface area contributed by atoms with Gasteiger partial charge in [-0.15, -0.1) is 11.3 Å². The van der Waals surface area contributed by atoms with Crippen LogP contribution in [0.25, 0.3) is 10.2 Å². The molecule has 0 aliphatic heterocycles. The third-order valence-corrected chi connectivity index (χ3v) is 4.47. The maximum atomic E-state index is 5.93. The first-order valence-electron chi connectivity index (χ1n) is 5.05. The van der Waals surface area contributed by atoms with E-state index in [0.29, 0.717) is 0 Å². The van der Waals surface area contributed by atoms with Crippen LogP contribution < -0.4 is 5.73 Å². The molecule has 1 aromatic carbocycles. The van der Waals surface area contributed by atoms with E-state index >= 15 is 0 Å². The van der Waals surface area contributed by atoms with Crippen molar-refractivity contribution < 1.29 is 0 Å². The second kappa shape index (κ2) is 4.35. The summed E-state index contributed by atoms with van der Waals surface area (Å²) in [6.45, 7) is 0. The van der Waals surface area contributed by atoms with Crippen molar-refractivity contribution in [1.29, 1.82) is 0 Å². The predicted molar refractivity (Wildman–Crippen MR) is 72.4 cm³/mol. The van der Waals surface area contributed by atoms with E-state index in [4.69, 9.17) is 5.73 Å². The normalized spacial score (nSPS) is 10.8. The molecule has 0 aliphatic carbocycles. The van der Waals surface area contributed by atoms with E-state index in [2.05, 4.69) is 9.97 Å². The van der Waals surface area contributed by atoms with Crippen molar-refractivity contribution in [3.05, 3.63) is 42.0 Å². The predicted octanol–water partition coefficient (Wildman–Crippen LogP) is 3.42. The number of rotatable bonds is 2. The molecule has 0 atom stereocenters. The monoisotopic (exact) mass is 259 g/mol. The Morgan fingerprint density at radius 3 is 2.88 bits per heavy atom. The smallest absolute Gasteiger partial charge is 0.122 e. The molecule has 0 fully saturated rings. The van der Waals surface area contributed by atoms with Crippen LogP contribution >= 0.6 is 23.1 Å². The molecule has 0 aliphatic rings. The lowest BCUT2D eigenvalue weighted by atomic mass is 10.3. The molecule has 0 spiro atoms. The summed E-state index contributed by atoms with van der Waals surface area (Å²) in [5, 5.41) is 2.99.